The Labute approximate surface area is 183 Å². The quantitative estimate of drug-likeness (QED) is 0.510. The third-order valence-corrected chi connectivity index (χ3v) is 6.57. The summed E-state index contributed by atoms with van der Waals surface area (Å²) in [4.78, 5) is 16.2. The second kappa shape index (κ2) is 9.82. The number of aromatic nitrogens is 1. The number of nitrogens with zero attached hydrogens (tertiary/aromatic N) is 1. The number of rotatable bonds is 7. The van der Waals surface area contributed by atoms with E-state index in [0.717, 1.165) is 17.1 Å². The summed E-state index contributed by atoms with van der Waals surface area (Å²) >= 11 is 12.0. The van der Waals surface area contributed by atoms with Crippen LogP contribution < -0.4 is 10.6 Å². The van der Waals surface area contributed by atoms with Gasteiger partial charge in [-0.05, 0) is 81.3 Å². The number of halogens is 2. The SMILES string of the molecule is CC(C)(Nc1ccc(Cl)cc1)C1CCC(CCNC(=O)c2cccnc2Cl)CC1. The summed E-state index contributed by atoms with van der Waals surface area (Å²) in [5.41, 5.74) is 1.58. The smallest absolute Gasteiger partial charge is 0.254 e. The van der Waals surface area contributed by atoms with Gasteiger partial charge in [-0.25, -0.2) is 4.98 Å². The Morgan fingerprint density at radius 1 is 1.10 bits per heavy atom. The highest BCUT2D eigenvalue weighted by Crippen LogP contribution is 2.38. The Bertz CT molecular complexity index is 815. The summed E-state index contributed by atoms with van der Waals surface area (Å²) in [6.45, 7) is 5.24. The van der Waals surface area contributed by atoms with Gasteiger partial charge >= 0.3 is 0 Å². The Balaban J connectivity index is 1.42. The monoisotopic (exact) mass is 433 g/mol. The highest BCUT2D eigenvalue weighted by atomic mass is 35.5. The van der Waals surface area contributed by atoms with E-state index in [9.17, 15) is 4.79 Å². The molecule has 29 heavy (non-hydrogen) atoms. The number of carbonyl (C=O) groups is 1. The van der Waals surface area contributed by atoms with Crippen molar-refractivity contribution in [3.63, 3.8) is 0 Å². The maximum Gasteiger partial charge on any atom is 0.254 e. The van der Waals surface area contributed by atoms with E-state index >= 15 is 0 Å². The van der Waals surface area contributed by atoms with E-state index in [1.54, 1.807) is 18.3 Å². The number of hydrogen-bond acceptors (Lipinski definition) is 3. The molecule has 1 aromatic heterocycles. The van der Waals surface area contributed by atoms with Gasteiger partial charge in [-0.15, -0.1) is 0 Å². The summed E-state index contributed by atoms with van der Waals surface area (Å²) in [5.74, 6) is 1.13. The maximum absolute atomic E-state index is 12.2. The lowest BCUT2D eigenvalue weighted by atomic mass is 9.72. The van der Waals surface area contributed by atoms with Gasteiger partial charge in [0, 0.05) is 29.0 Å². The first-order valence-corrected chi connectivity index (χ1v) is 11.0. The molecule has 0 spiro atoms. The fourth-order valence-electron chi connectivity index (χ4n) is 4.22. The molecule has 6 heteroatoms. The number of nitrogens with one attached hydrogen (secondary N) is 2. The molecule has 1 aromatic carbocycles. The molecule has 0 bridgehead atoms. The van der Waals surface area contributed by atoms with Gasteiger partial charge in [-0.3, -0.25) is 4.79 Å². The fraction of sp³-hybridized carbons (Fsp3) is 0.478. The number of hydrogen-bond donors (Lipinski definition) is 2. The number of pyridine rings is 1. The highest BCUT2D eigenvalue weighted by molar-refractivity contribution is 6.32. The molecular weight excluding hydrogens is 405 g/mol. The molecule has 1 amide bonds. The summed E-state index contributed by atoms with van der Waals surface area (Å²) in [5, 5.41) is 7.66. The van der Waals surface area contributed by atoms with Crippen LogP contribution >= 0.6 is 23.2 Å². The third kappa shape index (κ3) is 6.10. The van der Waals surface area contributed by atoms with Gasteiger partial charge in [-0.2, -0.15) is 0 Å². The van der Waals surface area contributed by atoms with Gasteiger partial charge in [0.05, 0.1) is 5.56 Å². The van der Waals surface area contributed by atoms with Crippen LogP contribution in [0.1, 0.15) is 56.3 Å². The summed E-state index contributed by atoms with van der Waals surface area (Å²) in [7, 11) is 0. The van der Waals surface area contributed by atoms with Crippen LogP contribution in [-0.2, 0) is 0 Å². The Kier molecular flexibility index (Phi) is 7.42. The highest BCUT2D eigenvalue weighted by Gasteiger charge is 2.33. The van der Waals surface area contributed by atoms with Gasteiger partial charge in [0.2, 0.25) is 0 Å². The minimum atomic E-state index is -0.148. The van der Waals surface area contributed by atoms with Gasteiger partial charge in [-0.1, -0.05) is 36.0 Å². The second-order valence-corrected chi connectivity index (χ2v) is 9.25. The maximum atomic E-state index is 12.2. The topological polar surface area (TPSA) is 54.0 Å². The Morgan fingerprint density at radius 2 is 1.79 bits per heavy atom. The van der Waals surface area contributed by atoms with Crippen LogP contribution in [0.25, 0.3) is 0 Å². The summed E-state index contributed by atoms with van der Waals surface area (Å²) < 4.78 is 0. The van der Waals surface area contributed by atoms with Crippen molar-refractivity contribution < 1.29 is 4.79 Å². The third-order valence-electron chi connectivity index (χ3n) is 6.02. The van der Waals surface area contributed by atoms with Crippen molar-refractivity contribution in [3.8, 4) is 0 Å². The molecule has 4 nitrogen and oxygen atoms in total. The van der Waals surface area contributed by atoms with E-state index < -0.39 is 0 Å². The van der Waals surface area contributed by atoms with Crippen molar-refractivity contribution in [2.75, 3.05) is 11.9 Å². The van der Waals surface area contributed by atoms with Crippen molar-refractivity contribution in [3.05, 3.63) is 58.3 Å². The Hall–Kier alpha value is -1.78. The zero-order valence-corrected chi connectivity index (χ0v) is 18.6. The van der Waals surface area contributed by atoms with Crippen molar-refractivity contribution in [2.24, 2.45) is 11.8 Å². The van der Waals surface area contributed by atoms with Gasteiger partial charge in [0.25, 0.3) is 5.91 Å². The van der Waals surface area contributed by atoms with Crippen LogP contribution in [0, 0.1) is 11.8 Å². The van der Waals surface area contributed by atoms with Crippen LogP contribution in [0.3, 0.4) is 0 Å². The predicted molar refractivity (Wildman–Crippen MR) is 121 cm³/mol. The lowest BCUT2D eigenvalue weighted by Crippen LogP contribution is -2.41. The fourth-order valence-corrected chi connectivity index (χ4v) is 4.55. The molecule has 1 aliphatic carbocycles. The molecule has 0 aliphatic heterocycles. The molecule has 1 fully saturated rings. The lowest BCUT2D eigenvalue weighted by Gasteiger charge is -2.40. The Morgan fingerprint density at radius 3 is 2.45 bits per heavy atom. The van der Waals surface area contributed by atoms with Gasteiger partial charge in [0.1, 0.15) is 5.15 Å². The first-order chi connectivity index (χ1) is 13.8. The summed E-state index contributed by atoms with van der Waals surface area (Å²) in [6, 6.07) is 11.3. The minimum absolute atomic E-state index is 0.0318. The largest absolute Gasteiger partial charge is 0.380 e. The van der Waals surface area contributed by atoms with Crippen molar-refractivity contribution in [2.45, 2.75) is 51.5 Å². The zero-order valence-electron chi connectivity index (χ0n) is 17.1. The molecule has 156 valence electrons. The van der Waals surface area contributed by atoms with Crippen LogP contribution in [0.4, 0.5) is 5.69 Å². The molecule has 2 aromatic rings. The van der Waals surface area contributed by atoms with Crippen LogP contribution in [0.15, 0.2) is 42.6 Å². The predicted octanol–water partition coefficient (Wildman–Crippen LogP) is 6.21. The van der Waals surface area contributed by atoms with Crippen LogP contribution in [0.5, 0.6) is 0 Å². The number of carbonyl (C=O) groups excluding carboxylic acids is 1. The van der Waals surface area contributed by atoms with E-state index in [0.29, 0.717) is 23.9 Å². The molecule has 2 N–H and O–H groups in total. The molecule has 0 saturated heterocycles. The van der Waals surface area contributed by atoms with E-state index in [2.05, 4.69) is 29.5 Å². The van der Waals surface area contributed by atoms with E-state index in [-0.39, 0.29) is 16.6 Å². The molecule has 3 rings (SSSR count). The van der Waals surface area contributed by atoms with Gasteiger partial charge < -0.3 is 10.6 Å². The molecule has 0 radical (unpaired) electrons. The van der Waals surface area contributed by atoms with E-state index in [1.807, 2.05) is 24.3 Å². The standard InChI is InChI=1S/C23H29Cl2N3O/c1-23(2,28-19-11-9-18(24)10-12-19)17-7-5-16(6-8-17)13-15-27-22(29)20-4-3-14-26-21(20)25/h3-4,9-12,14,16-17,28H,5-8,13,15H2,1-2H3,(H,27,29). The zero-order chi connectivity index (χ0) is 20.9. The van der Waals surface area contributed by atoms with E-state index in [1.165, 1.54) is 25.7 Å². The molecule has 1 heterocycles. The lowest BCUT2D eigenvalue weighted by molar-refractivity contribution is 0.0949. The number of anilines is 1. The van der Waals surface area contributed by atoms with Crippen molar-refractivity contribution in [1.29, 1.82) is 0 Å². The first kappa shape index (κ1) is 21.9. The number of amides is 1. The van der Waals surface area contributed by atoms with Gasteiger partial charge in [0.15, 0.2) is 0 Å². The average Bonchev–Trinajstić information content (AvgIpc) is 2.70. The van der Waals surface area contributed by atoms with Crippen molar-refractivity contribution >= 4 is 34.8 Å². The minimum Gasteiger partial charge on any atom is -0.380 e. The first-order valence-electron chi connectivity index (χ1n) is 10.3. The molecule has 0 unspecified atom stereocenters. The second-order valence-electron chi connectivity index (χ2n) is 8.46. The van der Waals surface area contributed by atoms with Crippen LogP contribution in [0.2, 0.25) is 10.2 Å². The normalized spacial score (nSPS) is 19.6. The van der Waals surface area contributed by atoms with Crippen molar-refractivity contribution in [1.82, 2.24) is 10.3 Å². The molecule has 0 atom stereocenters. The molecular formula is C23H29Cl2N3O. The molecule has 1 aliphatic rings. The molecule has 1 saturated carbocycles. The summed E-state index contributed by atoms with van der Waals surface area (Å²) in [6.07, 6.45) is 7.36. The number of benzene rings is 1. The van der Waals surface area contributed by atoms with Crippen LogP contribution in [-0.4, -0.2) is 23.0 Å². The van der Waals surface area contributed by atoms with E-state index in [4.69, 9.17) is 23.2 Å². The average molecular weight is 434 g/mol.